The van der Waals surface area contributed by atoms with Crippen LogP contribution in [0, 0.1) is 0 Å². The Morgan fingerprint density at radius 1 is 1.14 bits per heavy atom. The van der Waals surface area contributed by atoms with Crippen LogP contribution in [0.4, 0.5) is 0 Å². The predicted molar refractivity (Wildman–Crippen MR) is 94.6 cm³/mol. The van der Waals surface area contributed by atoms with E-state index in [4.69, 9.17) is 4.74 Å². The number of ether oxygens (including phenoxy) is 1. The van der Waals surface area contributed by atoms with Gasteiger partial charge in [0.2, 0.25) is 0 Å². The smallest absolute Gasteiger partial charge is 0.102 e. The molecule has 0 radical (unpaired) electrons. The molecule has 1 heterocycles. The molecule has 0 aliphatic carbocycles. The van der Waals surface area contributed by atoms with E-state index in [-0.39, 0.29) is 0 Å². The molecule has 1 aromatic carbocycles. The lowest BCUT2D eigenvalue weighted by Gasteiger charge is -2.21. The number of thiophene rings is 1. The first kappa shape index (κ1) is 17.4. The van der Waals surface area contributed by atoms with E-state index >= 15 is 0 Å². The van der Waals surface area contributed by atoms with E-state index < -0.39 is 6.10 Å². The molecule has 0 aliphatic rings. The molecule has 0 fully saturated rings. The number of benzene rings is 1. The van der Waals surface area contributed by atoms with Crippen LogP contribution in [0.1, 0.15) is 38.4 Å². The van der Waals surface area contributed by atoms with Crippen molar-refractivity contribution in [1.82, 2.24) is 4.90 Å². The average molecular weight is 321 g/mol. The fraction of sp³-hybridized carbons (Fsp3) is 0.556. The molecule has 0 spiro atoms. The van der Waals surface area contributed by atoms with Gasteiger partial charge in [0.15, 0.2) is 0 Å². The lowest BCUT2D eigenvalue weighted by Crippen LogP contribution is -2.29. The molecule has 0 amide bonds. The maximum atomic E-state index is 10.3. The van der Waals surface area contributed by atoms with Crippen molar-refractivity contribution in [3.05, 3.63) is 35.2 Å². The summed E-state index contributed by atoms with van der Waals surface area (Å²) in [6.45, 7) is 8.63. The van der Waals surface area contributed by atoms with Crippen LogP contribution in [0.2, 0.25) is 0 Å². The SMILES string of the molecule is CCCN(CCC)CCOCC(O)c1ccc2sccc2c1. The summed E-state index contributed by atoms with van der Waals surface area (Å²) in [6, 6.07) is 8.21. The first-order valence-electron chi connectivity index (χ1n) is 8.20. The van der Waals surface area contributed by atoms with Gasteiger partial charge in [0.25, 0.3) is 0 Å². The Morgan fingerprint density at radius 2 is 1.91 bits per heavy atom. The average Bonchev–Trinajstić information content (AvgIpc) is 2.99. The van der Waals surface area contributed by atoms with Crippen molar-refractivity contribution in [3.63, 3.8) is 0 Å². The number of nitrogens with zero attached hydrogens (tertiary/aromatic N) is 1. The van der Waals surface area contributed by atoms with E-state index in [9.17, 15) is 5.11 Å². The minimum Gasteiger partial charge on any atom is -0.386 e. The summed E-state index contributed by atoms with van der Waals surface area (Å²) in [5, 5.41) is 13.5. The molecule has 122 valence electrons. The summed E-state index contributed by atoms with van der Waals surface area (Å²) in [6.07, 6.45) is 1.79. The van der Waals surface area contributed by atoms with Crippen molar-refractivity contribution < 1.29 is 9.84 Å². The zero-order valence-corrected chi connectivity index (χ0v) is 14.4. The molecular formula is C18H27NO2S. The third-order valence-corrected chi connectivity index (χ3v) is 4.67. The fourth-order valence-corrected chi connectivity index (χ4v) is 3.42. The van der Waals surface area contributed by atoms with Crippen molar-refractivity contribution >= 4 is 21.4 Å². The molecule has 22 heavy (non-hydrogen) atoms. The van der Waals surface area contributed by atoms with Crippen LogP contribution in [-0.4, -0.2) is 42.9 Å². The van der Waals surface area contributed by atoms with Gasteiger partial charge in [-0.2, -0.15) is 0 Å². The zero-order valence-electron chi connectivity index (χ0n) is 13.6. The van der Waals surface area contributed by atoms with Gasteiger partial charge in [-0.25, -0.2) is 0 Å². The fourth-order valence-electron chi connectivity index (χ4n) is 2.65. The number of aliphatic hydroxyl groups is 1. The van der Waals surface area contributed by atoms with Crippen LogP contribution in [0.25, 0.3) is 10.1 Å². The Hall–Kier alpha value is -0.940. The number of hydrogen-bond acceptors (Lipinski definition) is 4. The maximum absolute atomic E-state index is 10.3. The van der Waals surface area contributed by atoms with E-state index in [1.165, 1.54) is 22.9 Å². The number of fused-ring (bicyclic) bond motifs is 1. The highest BCUT2D eigenvalue weighted by atomic mass is 32.1. The molecule has 2 rings (SSSR count). The predicted octanol–water partition coefficient (Wildman–Crippen LogP) is 4.07. The standard InChI is InChI=1S/C18H27NO2S/c1-3-8-19(9-4-2)10-11-21-14-17(20)15-5-6-18-16(13-15)7-12-22-18/h5-7,12-13,17,20H,3-4,8-11,14H2,1-2H3. The molecular weight excluding hydrogens is 294 g/mol. The number of rotatable bonds is 10. The van der Waals surface area contributed by atoms with Crippen molar-refractivity contribution in [2.45, 2.75) is 32.8 Å². The minimum atomic E-state index is -0.546. The number of aliphatic hydroxyl groups excluding tert-OH is 1. The van der Waals surface area contributed by atoms with Crippen LogP contribution in [0.3, 0.4) is 0 Å². The Bertz CT molecular complexity index is 549. The molecule has 2 aromatic rings. The second-order valence-electron chi connectivity index (χ2n) is 5.65. The van der Waals surface area contributed by atoms with Gasteiger partial charge in [0.05, 0.1) is 13.2 Å². The molecule has 0 bridgehead atoms. The van der Waals surface area contributed by atoms with E-state index in [0.29, 0.717) is 13.2 Å². The summed E-state index contributed by atoms with van der Waals surface area (Å²) < 4.78 is 6.93. The first-order chi connectivity index (χ1) is 10.7. The topological polar surface area (TPSA) is 32.7 Å². The molecule has 4 heteroatoms. The van der Waals surface area contributed by atoms with E-state index in [2.05, 4.69) is 42.3 Å². The van der Waals surface area contributed by atoms with Gasteiger partial charge in [-0.3, -0.25) is 0 Å². The Balaban J connectivity index is 1.76. The highest BCUT2D eigenvalue weighted by Gasteiger charge is 2.09. The highest BCUT2D eigenvalue weighted by molar-refractivity contribution is 7.17. The molecule has 1 N–H and O–H groups in total. The monoisotopic (exact) mass is 321 g/mol. The van der Waals surface area contributed by atoms with Crippen molar-refractivity contribution in [2.24, 2.45) is 0 Å². The normalized spacial score (nSPS) is 13.1. The summed E-state index contributed by atoms with van der Waals surface area (Å²) in [7, 11) is 0. The third kappa shape index (κ3) is 5.06. The van der Waals surface area contributed by atoms with Crippen LogP contribution in [0.5, 0.6) is 0 Å². The third-order valence-electron chi connectivity index (χ3n) is 3.77. The van der Waals surface area contributed by atoms with Crippen LogP contribution < -0.4 is 0 Å². The molecule has 0 aliphatic heterocycles. The lowest BCUT2D eigenvalue weighted by molar-refractivity contribution is 0.0264. The largest absolute Gasteiger partial charge is 0.386 e. The zero-order chi connectivity index (χ0) is 15.8. The van der Waals surface area contributed by atoms with Gasteiger partial charge < -0.3 is 14.7 Å². The van der Waals surface area contributed by atoms with E-state index in [1.807, 2.05) is 6.07 Å². The molecule has 1 aromatic heterocycles. The minimum absolute atomic E-state index is 0.363. The Morgan fingerprint density at radius 3 is 2.64 bits per heavy atom. The molecule has 0 saturated carbocycles. The highest BCUT2D eigenvalue weighted by Crippen LogP contribution is 2.24. The Kier molecular flexibility index (Phi) is 7.33. The van der Waals surface area contributed by atoms with Gasteiger partial charge in [-0.05, 0) is 60.5 Å². The van der Waals surface area contributed by atoms with Gasteiger partial charge >= 0.3 is 0 Å². The molecule has 0 saturated heterocycles. The Labute approximate surface area is 137 Å². The maximum Gasteiger partial charge on any atom is 0.102 e. The second-order valence-corrected chi connectivity index (χ2v) is 6.60. The van der Waals surface area contributed by atoms with E-state index in [0.717, 1.165) is 25.2 Å². The second kappa shape index (κ2) is 9.26. The van der Waals surface area contributed by atoms with Crippen LogP contribution in [0.15, 0.2) is 29.6 Å². The van der Waals surface area contributed by atoms with Gasteiger partial charge in [0.1, 0.15) is 6.10 Å². The van der Waals surface area contributed by atoms with Crippen molar-refractivity contribution in [3.8, 4) is 0 Å². The van der Waals surface area contributed by atoms with Crippen LogP contribution >= 0.6 is 11.3 Å². The van der Waals surface area contributed by atoms with Crippen molar-refractivity contribution in [2.75, 3.05) is 32.8 Å². The quantitative estimate of drug-likeness (QED) is 0.670. The van der Waals surface area contributed by atoms with Gasteiger partial charge in [0, 0.05) is 11.2 Å². The van der Waals surface area contributed by atoms with Gasteiger partial charge in [-0.15, -0.1) is 11.3 Å². The van der Waals surface area contributed by atoms with Gasteiger partial charge in [-0.1, -0.05) is 19.9 Å². The molecule has 1 atom stereocenters. The molecule has 3 nitrogen and oxygen atoms in total. The van der Waals surface area contributed by atoms with Crippen LogP contribution in [-0.2, 0) is 4.74 Å². The summed E-state index contributed by atoms with van der Waals surface area (Å²) in [5.41, 5.74) is 0.935. The number of hydrogen-bond donors (Lipinski definition) is 1. The first-order valence-corrected chi connectivity index (χ1v) is 9.07. The summed E-state index contributed by atoms with van der Waals surface area (Å²) in [4.78, 5) is 2.42. The molecule has 1 unspecified atom stereocenters. The summed E-state index contributed by atoms with van der Waals surface area (Å²) >= 11 is 1.72. The van der Waals surface area contributed by atoms with E-state index in [1.54, 1.807) is 11.3 Å². The van der Waals surface area contributed by atoms with Crippen molar-refractivity contribution in [1.29, 1.82) is 0 Å². The lowest BCUT2D eigenvalue weighted by atomic mass is 10.1. The summed E-state index contributed by atoms with van der Waals surface area (Å²) in [5.74, 6) is 0.